The summed E-state index contributed by atoms with van der Waals surface area (Å²) in [6.45, 7) is 9.99. The van der Waals surface area contributed by atoms with E-state index in [9.17, 15) is 24.4 Å². The van der Waals surface area contributed by atoms with Crippen molar-refractivity contribution >= 4 is 29.9 Å². The monoisotopic (exact) mass is 579 g/mol. The number of anilines is 1. The third-order valence-corrected chi connectivity index (χ3v) is 6.25. The van der Waals surface area contributed by atoms with Crippen LogP contribution in [0.1, 0.15) is 54.4 Å². The lowest BCUT2D eigenvalue weighted by atomic mass is 10.0. The van der Waals surface area contributed by atoms with Crippen LogP contribution in [0.5, 0.6) is 5.75 Å². The molecule has 1 aliphatic carbocycles. The fourth-order valence-corrected chi connectivity index (χ4v) is 4.34. The molecule has 2 fully saturated rings. The summed E-state index contributed by atoms with van der Waals surface area (Å²) in [5.74, 6) is -0.682. The Morgan fingerprint density at radius 1 is 0.927 bits per heavy atom. The highest BCUT2D eigenvalue weighted by Gasteiger charge is 2.50. The molecule has 14 heteroatoms. The van der Waals surface area contributed by atoms with Crippen LogP contribution in [0.15, 0.2) is 24.3 Å². The lowest BCUT2D eigenvalue weighted by Crippen LogP contribution is -2.68. The van der Waals surface area contributed by atoms with Crippen LogP contribution in [0.25, 0.3) is 0 Å². The summed E-state index contributed by atoms with van der Waals surface area (Å²) in [4.78, 5) is 57.0. The summed E-state index contributed by atoms with van der Waals surface area (Å²) in [6.07, 6.45) is -0.904. The molecule has 1 aliphatic heterocycles. The van der Waals surface area contributed by atoms with E-state index in [4.69, 9.17) is 24.2 Å². The number of nitrogens with zero attached hydrogens (tertiary/aromatic N) is 4. The number of carbonyl (C=O) groups is 4. The van der Waals surface area contributed by atoms with Crippen LogP contribution in [-0.2, 0) is 19.0 Å². The number of hydrogen-bond acceptors (Lipinski definition) is 11. The molecule has 3 rings (SSSR count). The molecule has 0 radical (unpaired) electrons. The molecule has 0 bridgehead atoms. The van der Waals surface area contributed by atoms with Crippen molar-refractivity contribution in [2.45, 2.75) is 83.7 Å². The first-order valence-electron chi connectivity index (χ1n) is 13.3. The van der Waals surface area contributed by atoms with Gasteiger partial charge in [0.1, 0.15) is 17.0 Å². The number of methoxy groups -OCH3 is 1. The van der Waals surface area contributed by atoms with Crippen molar-refractivity contribution in [2.24, 2.45) is 0 Å². The molecule has 1 aromatic rings. The number of hydrogen-bond donors (Lipinski definition) is 1. The highest BCUT2D eigenvalue weighted by molar-refractivity contribution is 5.84. The molecule has 1 saturated carbocycles. The fourth-order valence-electron chi connectivity index (χ4n) is 4.34. The molecule has 2 aliphatic rings. The highest BCUT2D eigenvalue weighted by atomic mass is 16.8. The van der Waals surface area contributed by atoms with Gasteiger partial charge in [-0.1, -0.05) is 0 Å². The van der Waals surface area contributed by atoms with Gasteiger partial charge in [0.2, 0.25) is 0 Å². The van der Waals surface area contributed by atoms with Crippen LogP contribution in [-0.4, -0.2) is 100 Å². The summed E-state index contributed by atoms with van der Waals surface area (Å²) in [7, 11) is 1.17. The highest BCUT2D eigenvalue weighted by Crippen LogP contribution is 2.32. The molecule has 1 saturated heterocycles. The molecule has 14 nitrogen and oxygen atoms in total. The van der Waals surface area contributed by atoms with Crippen molar-refractivity contribution in [3.8, 4) is 5.75 Å². The second kappa shape index (κ2) is 12.4. The predicted octanol–water partition coefficient (Wildman–Crippen LogP) is 3.74. The maximum atomic E-state index is 13.4. The summed E-state index contributed by atoms with van der Waals surface area (Å²) >= 11 is 0. The van der Waals surface area contributed by atoms with E-state index in [0.717, 1.165) is 0 Å². The van der Waals surface area contributed by atoms with Gasteiger partial charge >= 0.3 is 24.2 Å². The summed E-state index contributed by atoms with van der Waals surface area (Å²) in [5.41, 5.74) is -1.75. The van der Waals surface area contributed by atoms with E-state index in [1.165, 1.54) is 46.1 Å². The van der Waals surface area contributed by atoms with Crippen LogP contribution in [0.4, 0.5) is 20.1 Å². The van der Waals surface area contributed by atoms with E-state index < -0.39 is 47.5 Å². The zero-order valence-corrected chi connectivity index (χ0v) is 24.5. The second-order valence-electron chi connectivity index (χ2n) is 11.9. The van der Waals surface area contributed by atoms with Crippen molar-refractivity contribution in [3.05, 3.63) is 29.5 Å². The summed E-state index contributed by atoms with van der Waals surface area (Å²) in [5, 5.41) is 19.8. The fraction of sp³-hybridized carbons (Fsp3) is 0.630. The maximum absolute atomic E-state index is 13.4. The van der Waals surface area contributed by atoms with Gasteiger partial charge in [0, 0.05) is 25.7 Å². The first-order chi connectivity index (χ1) is 19.0. The lowest BCUT2D eigenvalue weighted by Gasteiger charge is -2.47. The number of ether oxygens (including phenoxy) is 4. The molecular formula is C27H39N4O10-. The first-order valence-corrected chi connectivity index (χ1v) is 13.3. The molecule has 41 heavy (non-hydrogen) atoms. The van der Waals surface area contributed by atoms with Gasteiger partial charge in [-0.25, -0.2) is 19.2 Å². The second-order valence-corrected chi connectivity index (χ2v) is 11.9. The minimum absolute atomic E-state index is 0.00812. The Bertz CT molecular complexity index is 1110. The third kappa shape index (κ3) is 8.60. The van der Waals surface area contributed by atoms with Gasteiger partial charge < -0.3 is 34.3 Å². The van der Waals surface area contributed by atoms with Crippen molar-refractivity contribution in [2.75, 3.05) is 32.0 Å². The first kappa shape index (κ1) is 31.7. The number of carbonyl (C=O) groups excluding carboxylic acids is 4. The van der Waals surface area contributed by atoms with Crippen LogP contribution >= 0.6 is 0 Å². The van der Waals surface area contributed by atoms with Crippen LogP contribution < -0.4 is 9.96 Å². The minimum Gasteiger partial charge on any atom is -0.733 e. The van der Waals surface area contributed by atoms with Crippen molar-refractivity contribution in [1.29, 1.82) is 0 Å². The quantitative estimate of drug-likeness (QED) is 0.297. The zero-order valence-electron chi connectivity index (χ0n) is 24.5. The van der Waals surface area contributed by atoms with Crippen LogP contribution in [0, 0.1) is 5.21 Å². The number of piperazine rings is 1. The maximum Gasteiger partial charge on any atom is 0.415 e. The van der Waals surface area contributed by atoms with Gasteiger partial charge in [-0.15, -0.1) is 0 Å². The van der Waals surface area contributed by atoms with Gasteiger partial charge in [0.25, 0.3) is 0 Å². The summed E-state index contributed by atoms with van der Waals surface area (Å²) in [6, 6.07) is 2.63. The minimum atomic E-state index is -1.31. The van der Waals surface area contributed by atoms with E-state index in [-0.39, 0.29) is 42.3 Å². The molecule has 3 amide bonds. The standard InChI is InChI=1S/C27H39N4O10/c1-26(2,3)40-24(34)28-14-15-29(25(35)41-27(4,5)6)21(22(32)38-7)20(28)16-30(17-8-9-17)23(33)39-19-12-10-18(11-13-19)31(36)37/h10-13,17,20-21,36H,8-9,14-16H2,1-7H3/q-1/t20-,21+/m0/s1. The smallest absolute Gasteiger partial charge is 0.415 e. The number of benzene rings is 1. The SMILES string of the molecule is COC(=O)[C@H]1[C@H](CN(C(=O)Oc2ccc(N([O-])O)cc2)C2CC2)N(C(=O)OC(C)(C)C)CCN1C(=O)OC(C)(C)C. The van der Waals surface area contributed by atoms with E-state index in [1.807, 2.05) is 0 Å². The van der Waals surface area contributed by atoms with Crippen molar-refractivity contribution < 1.29 is 43.3 Å². The molecule has 0 unspecified atom stereocenters. The summed E-state index contributed by atoms with van der Waals surface area (Å²) < 4.78 is 21.7. The Hall–Kier alpha value is -3.78. The lowest BCUT2D eigenvalue weighted by molar-refractivity contribution is -0.152. The van der Waals surface area contributed by atoms with Gasteiger partial charge in [0.05, 0.1) is 18.8 Å². The average Bonchev–Trinajstić information content (AvgIpc) is 3.69. The van der Waals surface area contributed by atoms with Gasteiger partial charge in [-0.05, 0) is 78.6 Å². The molecule has 1 heterocycles. The average molecular weight is 580 g/mol. The van der Waals surface area contributed by atoms with Crippen molar-refractivity contribution in [1.82, 2.24) is 14.7 Å². The molecule has 1 aromatic carbocycles. The molecule has 0 aromatic heterocycles. The van der Waals surface area contributed by atoms with E-state index in [1.54, 1.807) is 41.5 Å². The zero-order chi connectivity index (χ0) is 30.7. The van der Waals surface area contributed by atoms with Crippen LogP contribution in [0.2, 0.25) is 0 Å². The molecular weight excluding hydrogens is 540 g/mol. The van der Waals surface area contributed by atoms with E-state index in [2.05, 4.69) is 0 Å². The Morgan fingerprint density at radius 2 is 1.44 bits per heavy atom. The number of rotatable bonds is 6. The van der Waals surface area contributed by atoms with Gasteiger partial charge in [-0.3, -0.25) is 15.0 Å². The van der Waals surface area contributed by atoms with Gasteiger partial charge in [-0.2, -0.15) is 0 Å². The number of esters is 1. The molecule has 0 spiro atoms. The Morgan fingerprint density at radius 3 is 1.90 bits per heavy atom. The molecule has 1 N–H and O–H groups in total. The number of amides is 3. The largest absolute Gasteiger partial charge is 0.733 e. The normalized spacial score (nSPS) is 19.2. The van der Waals surface area contributed by atoms with Crippen LogP contribution in [0.3, 0.4) is 0 Å². The Kier molecular flexibility index (Phi) is 9.59. The van der Waals surface area contributed by atoms with E-state index in [0.29, 0.717) is 12.8 Å². The topological polar surface area (TPSA) is 161 Å². The van der Waals surface area contributed by atoms with E-state index >= 15 is 0 Å². The Labute approximate surface area is 239 Å². The van der Waals surface area contributed by atoms with Crippen molar-refractivity contribution in [3.63, 3.8) is 0 Å². The van der Waals surface area contributed by atoms with Gasteiger partial charge in [0.15, 0.2) is 6.04 Å². The molecule has 228 valence electrons. The molecule has 2 atom stereocenters. The Balaban J connectivity index is 1.95. The third-order valence-electron chi connectivity index (χ3n) is 6.25. The predicted molar refractivity (Wildman–Crippen MR) is 145 cm³/mol.